The first kappa shape index (κ1) is 52.8. The maximum Gasteiger partial charge on any atom is 0.481 e. The third-order valence-electron chi connectivity index (χ3n) is 8.89. The zero-order valence-corrected chi connectivity index (χ0v) is 36.9. The number of nitrogen functional groups attached to an aromatic ring is 1. The highest BCUT2D eigenvalue weighted by Crippen LogP contribution is 2.61. The molecule has 9 atom stereocenters. The number of nitrogens with zero attached hydrogens (tertiary/aromatic N) is 4. The number of aliphatic hydroxyl groups excluding tert-OH is 4. The highest BCUT2D eigenvalue weighted by atomic mass is 32.2. The first-order valence-corrected chi connectivity index (χ1v) is 24.3. The number of hydrogen-bond donors (Lipinski definition) is 11. The fourth-order valence-electron chi connectivity index (χ4n) is 5.62. The number of amides is 2. The standard InChI is InChI=1S/C31H54N7O19P3S/c1-4-5-6-18(39)7-8-19(40)13-22(42)61-12-11-33-21(41)9-10-34-29(45)26(44)31(2,3)15-54-60(51,52)57-59(49,50)53-14-20-25(56-58(46,47)48)24(43)30(55-20)38-17-37-23-27(32)35-16-36-28(23)38/h16-20,24-26,30,39-40,43-44H,4-15H2,1-3H3,(H,33,41)(H,34,45)(H,49,50)(H,51,52)(H2,32,35,36)(H2,46,47,48). The van der Waals surface area contributed by atoms with Crippen LogP contribution in [0.15, 0.2) is 12.7 Å². The molecule has 1 aliphatic rings. The Bertz CT molecular complexity index is 1920. The highest BCUT2D eigenvalue weighted by molar-refractivity contribution is 8.13. The normalized spacial score (nSPS) is 22.0. The van der Waals surface area contributed by atoms with Crippen LogP contribution in [0.5, 0.6) is 0 Å². The summed E-state index contributed by atoms with van der Waals surface area (Å²) >= 11 is 0.924. The van der Waals surface area contributed by atoms with Gasteiger partial charge in [-0.15, -0.1) is 0 Å². The van der Waals surface area contributed by atoms with Crippen molar-refractivity contribution in [3.05, 3.63) is 12.7 Å². The number of phosphoric ester groups is 3. The van der Waals surface area contributed by atoms with Gasteiger partial charge >= 0.3 is 23.5 Å². The number of ether oxygens (including phenoxy) is 1. The van der Waals surface area contributed by atoms with Gasteiger partial charge in [0.15, 0.2) is 22.8 Å². The number of nitrogens with two attached hydrogens (primary N) is 1. The van der Waals surface area contributed by atoms with Gasteiger partial charge in [0.05, 0.1) is 31.7 Å². The van der Waals surface area contributed by atoms with E-state index in [1.807, 2.05) is 6.92 Å². The van der Waals surface area contributed by atoms with E-state index in [1.54, 1.807) is 0 Å². The summed E-state index contributed by atoms with van der Waals surface area (Å²) in [5.41, 5.74) is 4.22. The molecule has 9 unspecified atom stereocenters. The van der Waals surface area contributed by atoms with E-state index < -0.39 is 96.8 Å². The zero-order chi connectivity index (χ0) is 45.8. The van der Waals surface area contributed by atoms with Crippen LogP contribution in [0.4, 0.5) is 5.82 Å². The minimum Gasteiger partial charge on any atom is -0.393 e. The van der Waals surface area contributed by atoms with Crippen molar-refractivity contribution in [1.82, 2.24) is 30.2 Å². The van der Waals surface area contributed by atoms with E-state index in [0.717, 1.165) is 41.8 Å². The van der Waals surface area contributed by atoms with Crippen molar-refractivity contribution >= 4 is 69.1 Å². The number of unbranched alkanes of at least 4 members (excludes halogenated alkanes) is 1. The minimum absolute atomic E-state index is 0.0226. The summed E-state index contributed by atoms with van der Waals surface area (Å²) in [7, 11) is -16.4. The largest absolute Gasteiger partial charge is 0.481 e. The van der Waals surface area contributed by atoms with E-state index in [4.69, 9.17) is 19.5 Å². The van der Waals surface area contributed by atoms with Gasteiger partial charge in [-0.1, -0.05) is 45.4 Å². The zero-order valence-electron chi connectivity index (χ0n) is 33.4. The minimum atomic E-state index is -5.59. The van der Waals surface area contributed by atoms with Crippen molar-refractivity contribution in [2.75, 3.05) is 37.8 Å². The molecule has 1 fully saturated rings. The lowest BCUT2D eigenvalue weighted by atomic mass is 9.87. The van der Waals surface area contributed by atoms with Crippen LogP contribution < -0.4 is 16.4 Å². The summed E-state index contributed by atoms with van der Waals surface area (Å²) in [6.45, 7) is 2.29. The molecule has 2 aromatic rings. The van der Waals surface area contributed by atoms with Crippen molar-refractivity contribution in [3.63, 3.8) is 0 Å². The van der Waals surface area contributed by atoms with Crippen molar-refractivity contribution in [1.29, 1.82) is 0 Å². The Balaban J connectivity index is 1.42. The van der Waals surface area contributed by atoms with E-state index in [-0.39, 0.29) is 60.2 Å². The molecule has 1 aliphatic heterocycles. The molecule has 348 valence electrons. The second-order valence-corrected chi connectivity index (χ2v) is 19.9. The first-order chi connectivity index (χ1) is 28.3. The molecule has 3 rings (SSSR count). The number of aliphatic hydroxyl groups is 4. The van der Waals surface area contributed by atoms with Gasteiger partial charge in [-0.2, -0.15) is 4.31 Å². The Kier molecular flexibility index (Phi) is 20.3. The summed E-state index contributed by atoms with van der Waals surface area (Å²) in [6, 6.07) is 0. The van der Waals surface area contributed by atoms with Crippen molar-refractivity contribution < 1.29 is 90.7 Å². The molecular formula is C31H54N7O19P3S. The predicted octanol–water partition coefficient (Wildman–Crippen LogP) is -0.253. The van der Waals surface area contributed by atoms with Crippen molar-refractivity contribution in [2.24, 2.45) is 5.41 Å². The number of carbonyl (C=O) groups is 3. The lowest BCUT2D eigenvalue weighted by Crippen LogP contribution is -2.46. The lowest BCUT2D eigenvalue weighted by Gasteiger charge is -2.30. The number of thioether (sulfide) groups is 1. The second-order valence-electron chi connectivity index (χ2n) is 14.5. The molecule has 61 heavy (non-hydrogen) atoms. The van der Waals surface area contributed by atoms with Gasteiger partial charge < -0.3 is 61.1 Å². The molecule has 0 saturated carbocycles. The molecule has 0 bridgehead atoms. The van der Waals surface area contributed by atoms with E-state index in [1.165, 1.54) is 13.8 Å². The summed E-state index contributed by atoms with van der Waals surface area (Å²) in [6.07, 6.45) is -5.43. The summed E-state index contributed by atoms with van der Waals surface area (Å²) < 4.78 is 62.2. The van der Waals surface area contributed by atoms with E-state index in [2.05, 4.69) is 34.4 Å². The van der Waals surface area contributed by atoms with Crippen molar-refractivity contribution in [3.8, 4) is 0 Å². The first-order valence-electron chi connectivity index (χ1n) is 18.8. The molecule has 1 saturated heterocycles. The Labute approximate surface area is 353 Å². The molecular weight excluding hydrogens is 899 g/mol. The average Bonchev–Trinajstić information content (AvgIpc) is 3.72. The fraction of sp³-hybridized carbons (Fsp3) is 0.742. The van der Waals surface area contributed by atoms with Crippen LogP contribution in [-0.2, 0) is 50.7 Å². The van der Waals surface area contributed by atoms with E-state index in [0.29, 0.717) is 12.8 Å². The van der Waals surface area contributed by atoms with E-state index in [9.17, 15) is 68.1 Å². The molecule has 0 spiro atoms. The number of aromatic nitrogens is 4. The predicted molar refractivity (Wildman–Crippen MR) is 212 cm³/mol. The van der Waals surface area contributed by atoms with Crippen LogP contribution in [0, 0.1) is 5.41 Å². The number of rotatable bonds is 27. The van der Waals surface area contributed by atoms with Gasteiger partial charge in [0, 0.05) is 37.1 Å². The number of nitrogens with one attached hydrogen (secondary N) is 2. The summed E-state index contributed by atoms with van der Waals surface area (Å²) in [5.74, 6) is -1.33. The molecule has 12 N–H and O–H groups in total. The van der Waals surface area contributed by atoms with E-state index >= 15 is 0 Å². The Morgan fingerprint density at radius 1 is 0.984 bits per heavy atom. The fourth-order valence-corrected chi connectivity index (χ4v) is 9.19. The quantitative estimate of drug-likeness (QED) is 0.0406. The number of carbonyl (C=O) groups excluding carboxylic acids is 3. The summed E-state index contributed by atoms with van der Waals surface area (Å²) in [4.78, 5) is 87.9. The molecule has 0 aromatic carbocycles. The number of fused-ring (bicyclic) bond motifs is 1. The van der Waals surface area contributed by atoms with Gasteiger partial charge in [-0.05, 0) is 19.3 Å². The number of hydrogen-bond acceptors (Lipinski definition) is 20. The van der Waals surface area contributed by atoms with Crippen LogP contribution in [0.2, 0.25) is 0 Å². The van der Waals surface area contributed by atoms with Gasteiger partial charge in [0.25, 0.3) is 0 Å². The third kappa shape index (κ3) is 17.5. The number of phosphoric acid groups is 3. The maximum absolute atomic E-state index is 12.7. The van der Waals surface area contributed by atoms with Crippen molar-refractivity contribution in [2.45, 2.75) is 109 Å². The molecule has 2 amide bonds. The van der Waals surface area contributed by atoms with Gasteiger partial charge in [0.1, 0.15) is 36.3 Å². The smallest absolute Gasteiger partial charge is 0.393 e. The van der Waals surface area contributed by atoms with Crippen LogP contribution in [0.25, 0.3) is 11.2 Å². The molecule has 26 nitrogen and oxygen atoms in total. The maximum atomic E-state index is 12.7. The SMILES string of the molecule is CCCCC(O)CCC(O)CC(=O)SCCNC(=O)CCNC(=O)C(O)C(C)(C)COP(=O)(O)OP(=O)(O)OCC1OC(n2cnc3c(N)ncnc32)C(O)C1OP(=O)(O)O. The van der Waals surface area contributed by atoms with Crippen LogP contribution in [0.1, 0.15) is 71.9 Å². The monoisotopic (exact) mass is 953 g/mol. The molecule has 3 heterocycles. The van der Waals surface area contributed by atoms with Crippen LogP contribution >= 0.6 is 35.2 Å². The Hall–Kier alpha value is -2.52. The topological polar surface area (TPSA) is 404 Å². The third-order valence-corrected chi connectivity index (χ3v) is 12.9. The lowest BCUT2D eigenvalue weighted by molar-refractivity contribution is -0.137. The van der Waals surface area contributed by atoms with Crippen LogP contribution in [0.3, 0.4) is 0 Å². The Morgan fingerprint density at radius 2 is 1.66 bits per heavy atom. The number of imidazole rings is 1. The summed E-state index contributed by atoms with van der Waals surface area (Å²) in [5, 5.41) is 46.0. The average molecular weight is 954 g/mol. The highest BCUT2D eigenvalue weighted by Gasteiger charge is 2.50. The molecule has 2 aromatic heterocycles. The molecule has 30 heteroatoms. The van der Waals surface area contributed by atoms with Gasteiger partial charge in [-0.3, -0.25) is 32.5 Å². The Morgan fingerprint density at radius 3 is 2.33 bits per heavy atom. The van der Waals surface area contributed by atoms with Crippen LogP contribution in [-0.4, -0.2) is 145 Å². The molecule has 0 radical (unpaired) electrons. The van der Waals surface area contributed by atoms with Gasteiger partial charge in [-0.25, -0.2) is 28.6 Å². The molecule has 0 aliphatic carbocycles. The van der Waals surface area contributed by atoms with Gasteiger partial charge in [0.2, 0.25) is 11.8 Å². The second kappa shape index (κ2) is 23.4. The number of anilines is 1.